The highest BCUT2D eigenvalue weighted by molar-refractivity contribution is 9.10. The van der Waals surface area contributed by atoms with Crippen LogP contribution in [0.4, 0.5) is 0 Å². The molecule has 1 amide bonds. The van der Waals surface area contributed by atoms with Gasteiger partial charge in [0.2, 0.25) is 5.91 Å². The lowest BCUT2D eigenvalue weighted by atomic mass is 9.92. The number of benzene rings is 2. The molecule has 2 aromatic rings. The maximum atomic E-state index is 12.6. The van der Waals surface area contributed by atoms with Gasteiger partial charge in [-0.05, 0) is 48.9 Å². The molecule has 1 fully saturated rings. The second kappa shape index (κ2) is 7.68. The molecule has 2 aromatic carbocycles. The van der Waals surface area contributed by atoms with Crippen molar-refractivity contribution in [1.29, 1.82) is 0 Å². The van der Waals surface area contributed by atoms with Crippen LogP contribution < -0.4 is 11.1 Å². The third-order valence-corrected chi connectivity index (χ3v) is 5.02. The van der Waals surface area contributed by atoms with Gasteiger partial charge in [0.1, 0.15) is 5.54 Å². The average molecular weight is 410 g/mol. The summed E-state index contributed by atoms with van der Waals surface area (Å²) in [5.41, 5.74) is 7.40. The van der Waals surface area contributed by atoms with Gasteiger partial charge in [-0.15, -0.1) is 12.4 Å². The Hall–Kier alpha value is -1.36. The van der Waals surface area contributed by atoms with Crippen LogP contribution >= 0.6 is 28.3 Å². The second-order valence-electron chi connectivity index (χ2n) is 6.47. The van der Waals surface area contributed by atoms with Crippen LogP contribution in [-0.4, -0.2) is 11.9 Å². The highest BCUT2D eigenvalue weighted by Crippen LogP contribution is 2.34. The second-order valence-corrected chi connectivity index (χ2v) is 7.39. The van der Waals surface area contributed by atoms with Crippen LogP contribution in [0.2, 0.25) is 0 Å². The Morgan fingerprint density at radius 1 is 1.21 bits per heavy atom. The van der Waals surface area contributed by atoms with Gasteiger partial charge in [-0.2, -0.15) is 0 Å². The normalized spacial score (nSPS) is 21.3. The van der Waals surface area contributed by atoms with Gasteiger partial charge in [0.05, 0.1) is 0 Å². The van der Waals surface area contributed by atoms with Crippen molar-refractivity contribution in [3.05, 3.63) is 70.2 Å². The molecule has 0 heterocycles. The molecule has 0 radical (unpaired) electrons. The molecule has 3 rings (SSSR count). The molecule has 3 nitrogen and oxygen atoms in total. The molecule has 1 aliphatic rings. The minimum atomic E-state index is -1.01. The first-order valence-corrected chi connectivity index (χ1v) is 8.66. The number of carbonyl (C=O) groups is 1. The van der Waals surface area contributed by atoms with Crippen LogP contribution in [0.3, 0.4) is 0 Å². The van der Waals surface area contributed by atoms with Crippen molar-refractivity contribution in [2.75, 3.05) is 0 Å². The number of hydrogen-bond donors (Lipinski definition) is 2. The summed E-state index contributed by atoms with van der Waals surface area (Å²) in [7, 11) is 0. The zero-order valence-corrected chi connectivity index (χ0v) is 15.9. The minimum Gasteiger partial charge on any atom is -0.351 e. The van der Waals surface area contributed by atoms with Crippen LogP contribution in [0.5, 0.6) is 0 Å². The number of rotatable bonds is 5. The van der Waals surface area contributed by atoms with Crippen molar-refractivity contribution in [1.82, 2.24) is 5.32 Å². The first-order valence-electron chi connectivity index (χ1n) is 7.86. The summed E-state index contributed by atoms with van der Waals surface area (Å²) in [6.07, 6.45) is 2.03. The molecule has 3 atom stereocenters. The Balaban J connectivity index is 0.00000208. The van der Waals surface area contributed by atoms with E-state index in [1.165, 1.54) is 5.56 Å². The number of amides is 1. The van der Waals surface area contributed by atoms with Gasteiger partial charge in [0.25, 0.3) is 0 Å². The highest BCUT2D eigenvalue weighted by atomic mass is 79.9. The number of halogens is 2. The fourth-order valence-corrected chi connectivity index (χ4v) is 3.08. The number of carbonyl (C=O) groups excluding carboxylic acids is 1. The van der Waals surface area contributed by atoms with Gasteiger partial charge in [0.15, 0.2) is 0 Å². The van der Waals surface area contributed by atoms with E-state index in [1.807, 2.05) is 30.3 Å². The summed E-state index contributed by atoms with van der Waals surface area (Å²) in [4.78, 5) is 12.6. The average Bonchev–Trinajstić information content (AvgIpc) is 3.26. The van der Waals surface area contributed by atoms with E-state index in [-0.39, 0.29) is 24.4 Å². The molecular weight excluding hydrogens is 388 g/mol. The van der Waals surface area contributed by atoms with E-state index in [2.05, 4.69) is 45.5 Å². The molecule has 5 heteroatoms. The van der Waals surface area contributed by atoms with E-state index in [0.29, 0.717) is 5.92 Å². The lowest BCUT2D eigenvalue weighted by Crippen LogP contribution is -2.50. The number of nitrogens with one attached hydrogen (secondary N) is 1. The first kappa shape index (κ1) is 19.0. The van der Waals surface area contributed by atoms with Crippen LogP contribution in [0.15, 0.2) is 59.1 Å². The quantitative estimate of drug-likeness (QED) is 0.789. The third-order valence-electron chi connectivity index (χ3n) is 4.50. The van der Waals surface area contributed by atoms with Crippen LogP contribution in [0, 0.1) is 5.92 Å². The molecule has 0 bridgehead atoms. The van der Waals surface area contributed by atoms with Gasteiger partial charge in [-0.25, -0.2) is 0 Å². The van der Waals surface area contributed by atoms with Gasteiger partial charge in [-0.3, -0.25) is 4.79 Å². The smallest absolute Gasteiger partial charge is 0.244 e. The van der Waals surface area contributed by atoms with Crippen LogP contribution in [-0.2, 0) is 16.8 Å². The molecule has 3 unspecified atom stereocenters. The summed E-state index contributed by atoms with van der Waals surface area (Å²) in [6, 6.07) is 18.2. The molecule has 0 spiro atoms. The number of nitrogens with two attached hydrogens (primary N) is 1. The molecule has 1 aliphatic carbocycles. The maximum absolute atomic E-state index is 12.6. The van der Waals surface area contributed by atoms with Gasteiger partial charge in [0, 0.05) is 10.5 Å². The lowest BCUT2D eigenvalue weighted by molar-refractivity contribution is -0.126. The summed E-state index contributed by atoms with van der Waals surface area (Å²) < 4.78 is 0.975. The monoisotopic (exact) mass is 408 g/mol. The zero-order chi connectivity index (χ0) is 16.4. The van der Waals surface area contributed by atoms with Crippen molar-refractivity contribution < 1.29 is 4.79 Å². The molecule has 0 saturated heterocycles. The van der Waals surface area contributed by atoms with E-state index in [4.69, 9.17) is 5.73 Å². The lowest BCUT2D eigenvalue weighted by Gasteiger charge is -2.24. The fraction of sp³-hybridized carbons (Fsp3) is 0.316. The van der Waals surface area contributed by atoms with Crippen LogP contribution in [0.1, 0.15) is 24.5 Å². The summed E-state index contributed by atoms with van der Waals surface area (Å²) in [6.45, 7) is 1.76. The van der Waals surface area contributed by atoms with Gasteiger partial charge in [-0.1, -0.05) is 58.4 Å². The third kappa shape index (κ3) is 4.38. The highest BCUT2D eigenvalue weighted by Gasteiger charge is 2.41. The van der Waals surface area contributed by atoms with Crippen molar-refractivity contribution >= 4 is 34.2 Å². The minimum absolute atomic E-state index is 0. The molecule has 0 aromatic heterocycles. The first-order chi connectivity index (χ1) is 11.0. The van der Waals surface area contributed by atoms with Crippen molar-refractivity contribution in [2.24, 2.45) is 11.7 Å². The maximum Gasteiger partial charge on any atom is 0.244 e. The number of hydrogen-bond acceptors (Lipinski definition) is 2. The Bertz CT molecular complexity index is 688. The van der Waals surface area contributed by atoms with Crippen molar-refractivity contribution in [3.8, 4) is 0 Å². The molecule has 3 N–H and O–H groups in total. The topological polar surface area (TPSA) is 55.1 Å². The van der Waals surface area contributed by atoms with E-state index in [9.17, 15) is 4.79 Å². The van der Waals surface area contributed by atoms with E-state index in [1.54, 1.807) is 6.92 Å². The largest absolute Gasteiger partial charge is 0.351 e. The SMILES string of the molecule is CC(N)(C(=O)NC1CC1Cc1ccccc1)c1ccc(Br)cc1.Cl. The Morgan fingerprint density at radius 2 is 1.83 bits per heavy atom. The standard InChI is InChI=1S/C19H21BrN2O.ClH/c1-19(21,15-7-9-16(20)10-8-15)18(23)22-17-12-14(17)11-13-5-3-2-4-6-13;/h2-10,14,17H,11-12,21H2,1H3,(H,22,23);1H. The Morgan fingerprint density at radius 3 is 2.46 bits per heavy atom. The molecule has 1 saturated carbocycles. The van der Waals surface area contributed by atoms with Crippen molar-refractivity contribution in [3.63, 3.8) is 0 Å². The Labute approximate surface area is 157 Å². The van der Waals surface area contributed by atoms with Crippen LogP contribution in [0.25, 0.3) is 0 Å². The van der Waals surface area contributed by atoms with E-state index >= 15 is 0 Å². The predicted octanol–water partition coefficient (Wildman–Crippen LogP) is 3.79. The van der Waals surface area contributed by atoms with Crippen molar-refractivity contribution in [2.45, 2.75) is 31.3 Å². The molecular formula is C19H22BrClN2O. The van der Waals surface area contributed by atoms with Gasteiger partial charge < -0.3 is 11.1 Å². The van der Waals surface area contributed by atoms with Gasteiger partial charge >= 0.3 is 0 Å². The summed E-state index contributed by atoms with van der Waals surface area (Å²) in [5.74, 6) is 0.405. The zero-order valence-electron chi connectivity index (χ0n) is 13.5. The Kier molecular flexibility index (Phi) is 6.07. The molecule has 0 aliphatic heterocycles. The summed E-state index contributed by atoms with van der Waals surface area (Å²) >= 11 is 3.40. The van der Waals surface area contributed by atoms with E-state index < -0.39 is 5.54 Å². The summed E-state index contributed by atoms with van der Waals surface area (Å²) in [5, 5.41) is 3.10. The molecule has 128 valence electrons. The predicted molar refractivity (Wildman–Crippen MR) is 103 cm³/mol. The molecule has 24 heavy (non-hydrogen) atoms. The fourth-order valence-electron chi connectivity index (χ4n) is 2.81. The van der Waals surface area contributed by atoms with E-state index in [0.717, 1.165) is 22.9 Å².